The second kappa shape index (κ2) is 5.53. The normalized spacial score (nSPS) is 11.4. The Kier molecular flexibility index (Phi) is 3.81. The summed E-state index contributed by atoms with van der Waals surface area (Å²) in [6.45, 7) is 3.94. The first-order valence-corrected chi connectivity index (χ1v) is 6.15. The van der Waals surface area contributed by atoms with E-state index < -0.39 is 0 Å². The molecule has 0 radical (unpaired) electrons. The molecule has 0 saturated carbocycles. The number of allylic oxidation sites excluding steroid dienone is 1. The van der Waals surface area contributed by atoms with Gasteiger partial charge in [0.15, 0.2) is 5.78 Å². The SMILES string of the molecule is Cc1ccc(C(=O)/C=C(\O)c2ccc(C)cc2)cc1. The average Bonchev–Trinajstić information content (AvgIpc) is 2.40. The van der Waals surface area contributed by atoms with E-state index >= 15 is 0 Å². The van der Waals surface area contributed by atoms with E-state index in [1.807, 2.05) is 38.1 Å². The Morgan fingerprint density at radius 2 is 1.26 bits per heavy atom. The topological polar surface area (TPSA) is 37.3 Å². The molecular weight excluding hydrogens is 236 g/mol. The predicted octanol–water partition coefficient (Wildman–Crippen LogP) is 4.09. The smallest absolute Gasteiger partial charge is 0.189 e. The van der Waals surface area contributed by atoms with Gasteiger partial charge in [-0.1, -0.05) is 59.7 Å². The van der Waals surface area contributed by atoms with E-state index in [0.29, 0.717) is 11.1 Å². The van der Waals surface area contributed by atoms with Crippen molar-refractivity contribution >= 4 is 11.5 Å². The van der Waals surface area contributed by atoms with Crippen LogP contribution in [0.4, 0.5) is 0 Å². The van der Waals surface area contributed by atoms with Crippen LogP contribution in [-0.2, 0) is 0 Å². The monoisotopic (exact) mass is 252 g/mol. The highest BCUT2D eigenvalue weighted by atomic mass is 16.3. The summed E-state index contributed by atoms with van der Waals surface area (Å²) in [7, 11) is 0. The van der Waals surface area contributed by atoms with Crippen LogP contribution in [0.15, 0.2) is 54.6 Å². The number of aryl methyl sites for hydroxylation is 2. The number of hydrogen-bond donors (Lipinski definition) is 1. The zero-order valence-electron chi connectivity index (χ0n) is 11.1. The molecule has 0 aliphatic rings. The van der Waals surface area contributed by atoms with Crippen LogP contribution < -0.4 is 0 Å². The number of rotatable bonds is 3. The summed E-state index contributed by atoms with van der Waals surface area (Å²) in [6.07, 6.45) is 1.26. The number of carbonyl (C=O) groups is 1. The van der Waals surface area contributed by atoms with E-state index in [1.54, 1.807) is 24.3 Å². The molecule has 0 aliphatic carbocycles. The van der Waals surface area contributed by atoms with E-state index in [2.05, 4.69) is 0 Å². The lowest BCUT2D eigenvalue weighted by Crippen LogP contribution is -1.96. The Morgan fingerprint density at radius 1 is 0.842 bits per heavy atom. The third-order valence-electron chi connectivity index (χ3n) is 2.95. The molecule has 0 atom stereocenters. The summed E-state index contributed by atoms with van der Waals surface area (Å²) in [5.41, 5.74) is 3.43. The van der Waals surface area contributed by atoms with Crippen LogP contribution >= 0.6 is 0 Å². The van der Waals surface area contributed by atoms with E-state index in [1.165, 1.54) is 6.08 Å². The third kappa shape index (κ3) is 3.32. The number of ketones is 1. The lowest BCUT2D eigenvalue weighted by molar-refractivity contribution is 0.104. The summed E-state index contributed by atoms with van der Waals surface area (Å²) >= 11 is 0. The molecule has 2 rings (SSSR count). The van der Waals surface area contributed by atoms with Gasteiger partial charge < -0.3 is 5.11 Å². The molecule has 0 amide bonds. The largest absolute Gasteiger partial charge is 0.507 e. The second-order valence-corrected chi connectivity index (χ2v) is 4.63. The molecule has 2 aromatic rings. The van der Waals surface area contributed by atoms with E-state index in [9.17, 15) is 9.90 Å². The van der Waals surface area contributed by atoms with Crippen molar-refractivity contribution in [1.29, 1.82) is 0 Å². The minimum absolute atomic E-state index is 0.00873. The standard InChI is InChI=1S/C17H16O2/c1-12-3-7-14(8-4-12)16(18)11-17(19)15-9-5-13(2)6-10-15/h3-11,18H,1-2H3/b16-11-. The van der Waals surface area contributed by atoms with E-state index in [4.69, 9.17) is 0 Å². The maximum absolute atomic E-state index is 12.0. The lowest BCUT2D eigenvalue weighted by Gasteiger charge is -2.01. The summed E-state index contributed by atoms with van der Waals surface area (Å²) in [6, 6.07) is 14.7. The number of aliphatic hydroxyl groups is 1. The Labute approximate surface area is 113 Å². The van der Waals surface area contributed by atoms with Gasteiger partial charge in [-0.2, -0.15) is 0 Å². The molecule has 1 N–H and O–H groups in total. The molecule has 19 heavy (non-hydrogen) atoms. The Balaban J connectivity index is 2.22. The predicted molar refractivity (Wildman–Crippen MR) is 77.3 cm³/mol. The Morgan fingerprint density at radius 3 is 1.74 bits per heavy atom. The molecule has 2 nitrogen and oxygen atoms in total. The molecule has 0 spiro atoms. The quantitative estimate of drug-likeness (QED) is 0.507. The highest BCUT2D eigenvalue weighted by Gasteiger charge is 2.05. The van der Waals surface area contributed by atoms with Gasteiger partial charge in [-0.15, -0.1) is 0 Å². The van der Waals surface area contributed by atoms with E-state index in [0.717, 1.165) is 11.1 Å². The van der Waals surface area contributed by atoms with Crippen molar-refractivity contribution in [1.82, 2.24) is 0 Å². The van der Waals surface area contributed by atoms with E-state index in [-0.39, 0.29) is 11.5 Å². The molecule has 0 aliphatic heterocycles. The third-order valence-corrected chi connectivity index (χ3v) is 2.95. The molecule has 96 valence electrons. The van der Waals surface area contributed by atoms with Gasteiger partial charge >= 0.3 is 0 Å². The number of aliphatic hydroxyl groups excluding tert-OH is 1. The Bertz CT molecular complexity index is 605. The summed E-state index contributed by atoms with van der Waals surface area (Å²) < 4.78 is 0. The zero-order chi connectivity index (χ0) is 13.8. The molecule has 0 bridgehead atoms. The van der Waals surface area contributed by atoms with Crippen LogP contribution in [0, 0.1) is 13.8 Å². The van der Waals surface area contributed by atoms with Crippen LogP contribution in [0.2, 0.25) is 0 Å². The molecular formula is C17H16O2. The van der Waals surface area contributed by atoms with Gasteiger partial charge in [0.25, 0.3) is 0 Å². The molecule has 0 saturated heterocycles. The second-order valence-electron chi connectivity index (χ2n) is 4.63. The minimum atomic E-state index is -0.196. The fourth-order valence-corrected chi connectivity index (χ4v) is 1.73. The number of hydrogen-bond acceptors (Lipinski definition) is 2. The van der Waals surface area contributed by atoms with Gasteiger partial charge in [-0.3, -0.25) is 4.79 Å². The Hall–Kier alpha value is -2.35. The van der Waals surface area contributed by atoms with Gasteiger partial charge in [0.05, 0.1) is 0 Å². The van der Waals surface area contributed by atoms with Crippen LogP contribution in [0.25, 0.3) is 5.76 Å². The molecule has 0 aromatic heterocycles. The minimum Gasteiger partial charge on any atom is -0.507 e. The van der Waals surface area contributed by atoms with Crippen LogP contribution in [0.1, 0.15) is 27.0 Å². The van der Waals surface area contributed by atoms with Crippen molar-refractivity contribution in [2.45, 2.75) is 13.8 Å². The first-order valence-electron chi connectivity index (χ1n) is 6.15. The number of benzene rings is 2. The number of carbonyl (C=O) groups excluding carboxylic acids is 1. The van der Waals surface area contributed by atoms with Crippen molar-refractivity contribution < 1.29 is 9.90 Å². The highest BCUT2D eigenvalue weighted by Crippen LogP contribution is 2.14. The summed E-state index contributed by atoms with van der Waals surface area (Å²) in [4.78, 5) is 12.0. The van der Waals surface area contributed by atoms with Gasteiger partial charge in [-0.05, 0) is 13.8 Å². The maximum atomic E-state index is 12.0. The molecule has 2 aromatic carbocycles. The van der Waals surface area contributed by atoms with Gasteiger partial charge in [0.1, 0.15) is 5.76 Å². The molecule has 2 heteroatoms. The van der Waals surface area contributed by atoms with Crippen LogP contribution in [0.3, 0.4) is 0 Å². The average molecular weight is 252 g/mol. The lowest BCUT2D eigenvalue weighted by atomic mass is 10.1. The van der Waals surface area contributed by atoms with Gasteiger partial charge in [0.2, 0.25) is 0 Å². The van der Waals surface area contributed by atoms with Gasteiger partial charge in [0, 0.05) is 17.2 Å². The van der Waals surface area contributed by atoms with Crippen molar-refractivity contribution in [2.75, 3.05) is 0 Å². The van der Waals surface area contributed by atoms with Crippen molar-refractivity contribution in [2.24, 2.45) is 0 Å². The molecule has 0 unspecified atom stereocenters. The molecule has 0 heterocycles. The van der Waals surface area contributed by atoms with Crippen LogP contribution in [-0.4, -0.2) is 10.9 Å². The zero-order valence-corrected chi connectivity index (χ0v) is 11.1. The highest BCUT2D eigenvalue weighted by molar-refractivity contribution is 6.07. The summed E-state index contributed by atoms with van der Waals surface area (Å²) in [5.74, 6) is -0.205. The summed E-state index contributed by atoms with van der Waals surface area (Å²) in [5, 5.41) is 9.94. The van der Waals surface area contributed by atoms with Crippen LogP contribution in [0.5, 0.6) is 0 Å². The maximum Gasteiger partial charge on any atom is 0.189 e. The first-order chi connectivity index (χ1) is 9.06. The van der Waals surface area contributed by atoms with Crippen molar-refractivity contribution in [3.63, 3.8) is 0 Å². The first kappa shape index (κ1) is 13.1. The van der Waals surface area contributed by atoms with Crippen molar-refractivity contribution in [3.8, 4) is 0 Å². The van der Waals surface area contributed by atoms with Gasteiger partial charge in [-0.25, -0.2) is 0 Å². The fourth-order valence-electron chi connectivity index (χ4n) is 1.73. The molecule has 0 fully saturated rings. The fraction of sp³-hybridized carbons (Fsp3) is 0.118. The van der Waals surface area contributed by atoms with Crippen molar-refractivity contribution in [3.05, 3.63) is 76.9 Å².